The Hall–Kier alpha value is -0.570. The molecule has 1 aliphatic rings. The monoisotopic (exact) mass is 170 g/mol. The fourth-order valence-electron chi connectivity index (χ4n) is 1.52. The Bertz CT molecular complexity index is 169. The van der Waals surface area contributed by atoms with E-state index in [0.717, 1.165) is 19.3 Å². The van der Waals surface area contributed by atoms with Gasteiger partial charge in [0.15, 0.2) is 0 Å². The quantitative estimate of drug-likeness (QED) is 0.511. The second-order valence-corrected chi connectivity index (χ2v) is 3.84. The normalized spacial score (nSPS) is 35.2. The molecule has 0 aromatic heterocycles. The van der Waals surface area contributed by atoms with E-state index in [-0.39, 0.29) is 0 Å². The van der Waals surface area contributed by atoms with Crippen molar-refractivity contribution in [2.45, 2.75) is 44.8 Å². The third-order valence-electron chi connectivity index (χ3n) is 2.33. The summed E-state index contributed by atoms with van der Waals surface area (Å²) in [5.74, 6) is 0. The zero-order valence-corrected chi connectivity index (χ0v) is 8.12. The maximum atomic E-state index is 9.48. The van der Waals surface area contributed by atoms with E-state index in [0.29, 0.717) is 6.04 Å². The van der Waals surface area contributed by atoms with Crippen molar-refractivity contribution >= 4 is 6.21 Å². The van der Waals surface area contributed by atoms with E-state index in [1.807, 2.05) is 25.2 Å². The Morgan fingerprint density at radius 2 is 2.25 bits per heavy atom. The molecule has 12 heavy (non-hydrogen) atoms. The standard InChI is InChI=1S/C9H18N2O/c1-4-5-10-11(3)8-6-9(2,12)7-8/h5,8,12H,4,6-7H2,1-3H3/b10-5-. The van der Waals surface area contributed by atoms with Crippen molar-refractivity contribution in [1.82, 2.24) is 5.01 Å². The molecule has 1 N–H and O–H groups in total. The predicted molar refractivity (Wildman–Crippen MR) is 50.2 cm³/mol. The van der Waals surface area contributed by atoms with Crippen molar-refractivity contribution in [2.24, 2.45) is 5.10 Å². The van der Waals surface area contributed by atoms with Crippen LogP contribution in [0.25, 0.3) is 0 Å². The summed E-state index contributed by atoms with van der Waals surface area (Å²) in [5.41, 5.74) is -0.444. The number of aliphatic hydroxyl groups is 1. The summed E-state index contributed by atoms with van der Waals surface area (Å²) in [6, 6.07) is 0.433. The van der Waals surface area contributed by atoms with Crippen molar-refractivity contribution in [1.29, 1.82) is 0 Å². The van der Waals surface area contributed by atoms with Gasteiger partial charge in [0.2, 0.25) is 0 Å². The molecule has 0 spiro atoms. The molecule has 0 amide bonds. The predicted octanol–water partition coefficient (Wildman–Crippen LogP) is 1.23. The third-order valence-corrected chi connectivity index (χ3v) is 2.33. The lowest BCUT2D eigenvalue weighted by Gasteiger charge is -2.44. The SMILES string of the molecule is CC/C=N\N(C)C1CC(C)(O)C1. The fraction of sp³-hybridized carbons (Fsp3) is 0.889. The van der Waals surface area contributed by atoms with Gasteiger partial charge in [-0.15, -0.1) is 0 Å². The number of hydrogen-bond acceptors (Lipinski definition) is 3. The highest BCUT2D eigenvalue weighted by atomic mass is 16.3. The first-order valence-corrected chi connectivity index (χ1v) is 4.53. The molecular weight excluding hydrogens is 152 g/mol. The average Bonchev–Trinajstić information content (AvgIpc) is 1.95. The lowest BCUT2D eigenvalue weighted by atomic mass is 9.77. The minimum absolute atomic E-state index is 0.433. The van der Waals surface area contributed by atoms with Crippen LogP contribution in [0.2, 0.25) is 0 Å². The molecule has 0 aliphatic heterocycles. The van der Waals surface area contributed by atoms with Crippen molar-refractivity contribution < 1.29 is 5.11 Å². The fourth-order valence-corrected chi connectivity index (χ4v) is 1.52. The maximum Gasteiger partial charge on any atom is 0.0660 e. The van der Waals surface area contributed by atoms with Crippen LogP contribution >= 0.6 is 0 Å². The van der Waals surface area contributed by atoms with Crippen molar-refractivity contribution in [2.75, 3.05) is 7.05 Å². The molecular formula is C9H18N2O. The number of hydrazone groups is 1. The van der Waals surface area contributed by atoms with E-state index in [2.05, 4.69) is 12.0 Å². The van der Waals surface area contributed by atoms with Crippen LogP contribution in [0.3, 0.4) is 0 Å². The lowest BCUT2D eigenvalue weighted by Crippen LogP contribution is -2.50. The van der Waals surface area contributed by atoms with Crippen LogP contribution in [0.15, 0.2) is 5.10 Å². The Morgan fingerprint density at radius 3 is 2.67 bits per heavy atom. The minimum atomic E-state index is -0.444. The van der Waals surface area contributed by atoms with Crippen molar-refractivity contribution in [3.63, 3.8) is 0 Å². The molecule has 0 bridgehead atoms. The van der Waals surface area contributed by atoms with E-state index < -0.39 is 5.60 Å². The van der Waals surface area contributed by atoms with Gasteiger partial charge in [0.25, 0.3) is 0 Å². The zero-order chi connectivity index (χ0) is 9.19. The van der Waals surface area contributed by atoms with Gasteiger partial charge in [0.05, 0.1) is 11.6 Å². The van der Waals surface area contributed by atoms with Gasteiger partial charge in [-0.25, -0.2) is 0 Å². The van der Waals surface area contributed by atoms with Crippen LogP contribution in [-0.4, -0.2) is 35.0 Å². The Morgan fingerprint density at radius 1 is 1.67 bits per heavy atom. The summed E-state index contributed by atoms with van der Waals surface area (Å²) in [5, 5.41) is 15.7. The summed E-state index contributed by atoms with van der Waals surface area (Å²) in [7, 11) is 1.96. The van der Waals surface area contributed by atoms with Crippen LogP contribution in [0.5, 0.6) is 0 Å². The van der Waals surface area contributed by atoms with E-state index in [4.69, 9.17) is 0 Å². The largest absolute Gasteiger partial charge is 0.390 e. The molecule has 70 valence electrons. The minimum Gasteiger partial charge on any atom is -0.390 e. The number of hydrogen-bond donors (Lipinski definition) is 1. The summed E-state index contributed by atoms with van der Waals surface area (Å²) < 4.78 is 0. The van der Waals surface area contributed by atoms with Crippen LogP contribution in [0.4, 0.5) is 0 Å². The van der Waals surface area contributed by atoms with Gasteiger partial charge in [0.1, 0.15) is 0 Å². The Kier molecular flexibility index (Phi) is 2.73. The van der Waals surface area contributed by atoms with Gasteiger partial charge in [-0.1, -0.05) is 6.92 Å². The van der Waals surface area contributed by atoms with E-state index >= 15 is 0 Å². The highest BCUT2D eigenvalue weighted by Gasteiger charge is 2.40. The topological polar surface area (TPSA) is 35.8 Å². The van der Waals surface area contributed by atoms with Crippen LogP contribution in [-0.2, 0) is 0 Å². The molecule has 0 radical (unpaired) electrons. The Balaban J connectivity index is 2.28. The second-order valence-electron chi connectivity index (χ2n) is 3.84. The zero-order valence-electron chi connectivity index (χ0n) is 8.12. The smallest absolute Gasteiger partial charge is 0.0660 e. The first kappa shape index (κ1) is 9.52. The molecule has 0 aromatic rings. The van der Waals surface area contributed by atoms with Gasteiger partial charge in [-0.05, 0) is 26.2 Å². The van der Waals surface area contributed by atoms with Crippen LogP contribution in [0.1, 0.15) is 33.1 Å². The highest BCUT2D eigenvalue weighted by Crippen LogP contribution is 2.34. The van der Waals surface area contributed by atoms with E-state index in [1.165, 1.54) is 0 Å². The molecule has 0 unspecified atom stereocenters. The summed E-state index contributed by atoms with van der Waals surface area (Å²) in [4.78, 5) is 0. The molecule has 0 saturated heterocycles. The number of nitrogens with zero attached hydrogens (tertiary/aromatic N) is 2. The molecule has 1 fully saturated rings. The molecule has 3 nitrogen and oxygen atoms in total. The summed E-state index contributed by atoms with van der Waals surface area (Å²) in [6.07, 6.45) is 4.54. The van der Waals surface area contributed by atoms with Gasteiger partial charge in [-0.3, -0.25) is 5.01 Å². The molecule has 1 saturated carbocycles. The van der Waals surface area contributed by atoms with Gasteiger partial charge in [0, 0.05) is 13.3 Å². The molecule has 3 heteroatoms. The van der Waals surface area contributed by atoms with E-state index in [9.17, 15) is 5.11 Å². The molecule has 1 rings (SSSR count). The van der Waals surface area contributed by atoms with Crippen molar-refractivity contribution in [3.05, 3.63) is 0 Å². The molecule has 0 atom stereocenters. The van der Waals surface area contributed by atoms with Gasteiger partial charge < -0.3 is 5.11 Å². The first-order chi connectivity index (χ1) is 5.55. The van der Waals surface area contributed by atoms with Crippen LogP contribution in [0, 0.1) is 0 Å². The molecule has 1 aliphatic carbocycles. The first-order valence-electron chi connectivity index (χ1n) is 4.53. The van der Waals surface area contributed by atoms with E-state index in [1.54, 1.807) is 0 Å². The number of rotatable bonds is 3. The average molecular weight is 170 g/mol. The third kappa shape index (κ3) is 2.21. The molecule has 0 aromatic carbocycles. The van der Waals surface area contributed by atoms with Crippen molar-refractivity contribution in [3.8, 4) is 0 Å². The molecule has 0 heterocycles. The van der Waals surface area contributed by atoms with Gasteiger partial charge in [-0.2, -0.15) is 5.10 Å². The summed E-state index contributed by atoms with van der Waals surface area (Å²) >= 11 is 0. The summed E-state index contributed by atoms with van der Waals surface area (Å²) in [6.45, 7) is 3.94. The maximum absolute atomic E-state index is 9.48. The Labute approximate surface area is 74.1 Å². The van der Waals surface area contributed by atoms with Gasteiger partial charge >= 0.3 is 0 Å². The highest BCUT2D eigenvalue weighted by molar-refractivity contribution is 5.56. The van der Waals surface area contributed by atoms with Crippen LogP contribution < -0.4 is 0 Å². The lowest BCUT2D eigenvalue weighted by molar-refractivity contribution is -0.0714. The second kappa shape index (κ2) is 3.44.